The minimum Gasteiger partial charge on any atom is -0.478 e. The second-order valence-electron chi connectivity index (χ2n) is 11.9. The van der Waals surface area contributed by atoms with Crippen molar-refractivity contribution in [2.24, 2.45) is 5.92 Å². The number of rotatable bonds is 10. The monoisotopic (exact) mass is 605 g/mol. The molecule has 45 heavy (non-hydrogen) atoms. The van der Waals surface area contributed by atoms with Gasteiger partial charge in [0.2, 0.25) is 5.88 Å². The fourth-order valence-electron chi connectivity index (χ4n) is 6.79. The SMILES string of the molecule is CCn1cncc1Cn1c(CN2CC[C@]3(c4cccnc4OCc4ccc(C#N)cc4F)C[C@@H]3C2)nc2ccc(C(=O)O)cc21. The normalized spacial score (nSPS) is 19.3. The predicted molar refractivity (Wildman–Crippen MR) is 163 cm³/mol. The highest BCUT2D eigenvalue weighted by Gasteiger charge is 2.58. The predicted octanol–water partition coefficient (Wildman–Crippen LogP) is 5.15. The zero-order valence-electron chi connectivity index (χ0n) is 24.9. The van der Waals surface area contributed by atoms with Crippen molar-refractivity contribution in [3.8, 4) is 11.9 Å². The summed E-state index contributed by atoms with van der Waals surface area (Å²) in [6, 6.07) is 15.4. The van der Waals surface area contributed by atoms with Crippen LogP contribution < -0.4 is 4.74 Å². The largest absolute Gasteiger partial charge is 0.478 e. The molecule has 0 radical (unpaired) electrons. The Bertz CT molecular complexity index is 1960. The third-order valence-corrected chi connectivity index (χ3v) is 9.34. The van der Waals surface area contributed by atoms with Crippen LogP contribution >= 0.6 is 0 Å². The van der Waals surface area contributed by atoms with Gasteiger partial charge in [-0.05, 0) is 68.6 Å². The number of hydrogen-bond acceptors (Lipinski definition) is 7. The number of piperidine rings is 1. The molecule has 1 N–H and O–H groups in total. The van der Waals surface area contributed by atoms with Crippen LogP contribution in [0.4, 0.5) is 4.39 Å². The van der Waals surface area contributed by atoms with Crippen LogP contribution in [0, 0.1) is 23.1 Å². The quantitative estimate of drug-likeness (QED) is 0.232. The highest BCUT2D eigenvalue weighted by atomic mass is 19.1. The second-order valence-corrected chi connectivity index (χ2v) is 11.9. The molecular weight excluding hydrogens is 573 g/mol. The minimum absolute atomic E-state index is 0.0329. The molecule has 0 bridgehead atoms. The highest BCUT2D eigenvalue weighted by molar-refractivity contribution is 5.92. The fraction of sp³-hybridized carbons (Fsp3) is 0.324. The molecule has 2 fully saturated rings. The number of carboxylic acids is 1. The maximum absolute atomic E-state index is 14.5. The topological polar surface area (TPSA) is 122 Å². The van der Waals surface area contributed by atoms with Crippen molar-refractivity contribution in [3.05, 3.63) is 107 Å². The molecule has 2 atom stereocenters. The molecule has 2 aromatic carbocycles. The Hall–Kier alpha value is -5.08. The number of aromatic nitrogens is 5. The maximum atomic E-state index is 14.5. The Morgan fingerprint density at radius 1 is 1.22 bits per heavy atom. The first-order chi connectivity index (χ1) is 21.9. The average Bonchev–Trinajstić information content (AvgIpc) is 3.44. The molecule has 10 nitrogen and oxygen atoms in total. The molecule has 1 aliphatic heterocycles. The van der Waals surface area contributed by atoms with Crippen molar-refractivity contribution in [1.82, 2.24) is 29.0 Å². The Balaban J connectivity index is 1.10. The van der Waals surface area contributed by atoms with E-state index in [9.17, 15) is 14.3 Å². The zero-order chi connectivity index (χ0) is 31.1. The van der Waals surface area contributed by atoms with Crippen molar-refractivity contribution in [1.29, 1.82) is 5.26 Å². The summed E-state index contributed by atoms with van der Waals surface area (Å²) in [5.41, 5.74) is 4.51. The summed E-state index contributed by atoms with van der Waals surface area (Å²) in [4.78, 5) is 28.0. The lowest BCUT2D eigenvalue weighted by atomic mass is 9.87. The van der Waals surface area contributed by atoms with Gasteiger partial charge in [0.05, 0.1) is 53.3 Å². The van der Waals surface area contributed by atoms with Crippen molar-refractivity contribution in [2.45, 2.75) is 51.4 Å². The number of imidazole rings is 2. The van der Waals surface area contributed by atoms with Gasteiger partial charge in [-0.3, -0.25) is 4.90 Å². The van der Waals surface area contributed by atoms with Gasteiger partial charge in [0.25, 0.3) is 0 Å². The van der Waals surface area contributed by atoms with Crippen molar-refractivity contribution >= 4 is 17.0 Å². The maximum Gasteiger partial charge on any atom is 0.335 e. The van der Waals surface area contributed by atoms with Crippen molar-refractivity contribution in [2.75, 3.05) is 13.1 Å². The first-order valence-electron chi connectivity index (χ1n) is 15.1. The summed E-state index contributed by atoms with van der Waals surface area (Å²) in [5, 5.41) is 18.7. The number of aryl methyl sites for hydroxylation is 1. The number of carboxylic acid groups (broad SMARTS) is 1. The lowest BCUT2D eigenvalue weighted by Crippen LogP contribution is -2.36. The van der Waals surface area contributed by atoms with Crippen LogP contribution in [0.25, 0.3) is 11.0 Å². The number of aromatic carboxylic acids is 1. The lowest BCUT2D eigenvalue weighted by Gasteiger charge is -2.32. The first-order valence-corrected chi connectivity index (χ1v) is 15.1. The number of nitrogens with zero attached hydrogens (tertiary/aromatic N) is 7. The summed E-state index contributed by atoms with van der Waals surface area (Å²) in [7, 11) is 0. The Morgan fingerprint density at radius 3 is 2.89 bits per heavy atom. The number of benzene rings is 2. The Morgan fingerprint density at radius 2 is 2.11 bits per heavy atom. The van der Waals surface area contributed by atoms with Gasteiger partial charge >= 0.3 is 5.97 Å². The standard InChI is InChI=1S/C34H32FN7O3/c1-2-41-21-37-16-26(41)18-42-30-13-23(33(43)44)7-8-29(30)39-31(42)19-40-11-9-34(14-25(34)17-40)27-4-3-10-38-32(27)45-20-24-6-5-22(15-36)12-28(24)35/h3-8,10,12-13,16,21,25H,2,9,11,14,17-20H2,1H3,(H,43,44)/t25-,34+/m1/s1. The molecule has 0 spiro atoms. The van der Waals surface area contributed by atoms with E-state index in [1.165, 1.54) is 6.07 Å². The minimum atomic E-state index is -0.966. The summed E-state index contributed by atoms with van der Waals surface area (Å²) in [6.45, 7) is 5.81. The number of pyridine rings is 1. The van der Waals surface area contributed by atoms with Gasteiger partial charge in [-0.2, -0.15) is 5.26 Å². The molecule has 5 aromatic rings. The summed E-state index contributed by atoms with van der Waals surface area (Å²) < 4.78 is 24.8. The van der Waals surface area contributed by atoms with E-state index in [-0.39, 0.29) is 23.1 Å². The number of nitriles is 1. The van der Waals surface area contributed by atoms with Gasteiger partial charge in [0.1, 0.15) is 18.2 Å². The van der Waals surface area contributed by atoms with Crippen LogP contribution in [0.5, 0.6) is 5.88 Å². The van der Waals surface area contributed by atoms with Crippen molar-refractivity contribution in [3.63, 3.8) is 0 Å². The number of carbonyl (C=O) groups is 1. The molecule has 2 aliphatic rings. The molecular formula is C34H32FN7O3. The van der Waals surface area contributed by atoms with Gasteiger partial charge in [-0.1, -0.05) is 12.1 Å². The number of hydrogen-bond donors (Lipinski definition) is 1. The van der Waals surface area contributed by atoms with Gasteiger partial charge in [0, 0.05) is 42.0 Å². The number of halogens is 1. The molecule has 1 saturated carbocycles. The Kier molecular flexibility index (Phi) is 7.30. The third-order valence-electron chi connectivity index (χ3n) is 9.34. The number of ether oxygens (including phenoxy) is 1. The molecule has 1 aliphatic carbocycles. The van der Waals surface area contributed by atoms with E-state index in [0.29, 0.717) is 30.5 Å². The lowest BCUT2D eigenvalue weighted by molar-refractivity contribution is 0.0697. The summed E-state index contributed by atoms with van der Waals surface area (Å²) in [5.74, 6) is 0.404. The van der Waals surface area contributed by atoms with Crippen LogP contribution in [0.15, 0.2) is 67.3 Å². The van der Waals surface area contributed by atoms with Gasteiger partial charge < -0.3 is 19.0 Å². The van der Waals surface area contributed by atoms with Crippen LogP contribution in [0.3, 0.4) is 0 Å². The van der Waals surface area contributed by atoms with Gasteiger partial charge in [-0.25, -0.2) is 24.1 Å². The van der Waals surface area contributed by atoms with Crippen LogP contribution in [0.2, 0.25) is 0 Å². The van der Waals surface area contributed by atoms with E-state index in [1.54, 1.807) is 36.5 Å². The van der Waals surface area contributed by atoms with E-state index in [1.807, 2.05) is 24.7 Å². The second kappa shape index (κ2) is 11.4. The van der Waals surface area contributed by atoms with Crippen LogP contribution in [-0.2, 0) is 31.7 Å². The fourth-order valence-corrected chi connectivity index (χ4v) is 6.79. The molecule has 3 aromatic heterocycles. The van der Waals surface area contributed by atoms with Crippen molar-refractivity contribution < 1.29 is 19.0 Å². The molecule has 0 unspecified atom stereocenters. The highest BCUT2D eigenvalue weighted by Crippen LogP contribution is 2.61. The van der Waals surface area contributed by atoms with Gasteiger partial charge in [-0.15, -0.1) is 0 Å². The van der Waals surface area contributed by atoms with E-state index in [4.69, 9.17) is 15.0 Å². The smallest absolute Gasteiger partial charge is 0.335 e. The van der Waals surface area contributed by atoms with Crippen LogP contribution in [0.1, 0.15) is 58.3 Å². The van der Waals surface area contributed by atoms with Gasteiger partial charge in [0.15, 0.2) is 0 Å². The molecule has 1 saturated heterocycles. The number of fused-ring (bicyclic) bond motifs is 2. The summed E-state index contributed by atoms with van der Waals surface area (Å²) >= 11 is 0. The molecule has 0 amide bonds. The van der Waals surface area contributed by atoms with E-state index in [2.05, 4.69) is 37.0 Å². The molecule has 11 heteroatoms. The zero-order valence-corrected chi connectivity index (χ0v) is 24.9. The van der Waals surface area contributed by atoms with E-state index < -0.39 is 11.8 Å². The molecule has 228 valence electrons. The Labute approximate surface area is 259 Å². The first kappa shape index (κ1) is 28.7. The number of likely N-dealkylation sites (tertiary alicyclic amines) is 1. The van der Waals surface area contributed by atoms with E-state index in [0.717, 1.165) is 60.6 Å². The molecule has 4 heterocycles. The average molecular weight is 606 g/mol. The van der Waals surface area contributed by atoms with E-state index >= 15 is 0 Å². The molecule has 7 rings (SSSR count). The van der Waals surface area contributed by atoms with Crippen LogP contribution in [-0.4, -0.2) is 53.2 Å². The third kappa shape index (κ3) is 5.31. The summed E-state index contributed by atoms with van der Waals surface area (Å²) in [6.07, 6.45) is 7.30.